The molecule has 1 saturated heterocycles. The minimum Gasteiger partial charge on any atom is -0.334 e. The Bertz CT molecular complexity index is 949. The van der Waals surface area contributed by atoms with Gasteiger partial charge in [0.2, 0.25) is 11.1 Å². The van der Waals surface area contributed by atoms with E-state index in [0.29, 0.717) is 22.6 Å². The average molecular weight is 385 g/mol. The summed E-state index contributed by atoms with van der Waals surface area (Å²) in [6.07, 6.45) is 0. The lowest BCUT2D eigenvalue weighted by molar-refractivity contribution is -0.880. The van der Waals surface area contributed by atoms with Gasteiger partial charge in [0.25, 0.3) is 5.56 Å². The Labute approximate surface area is 160 Å². The van der Waals surface area contributed by atoms with Gasteiger partial charge in [-0.25, -0.2) is 4.98 Å². The zero-order valence-electron chi connectivity index (χ0n) is 15.0. The predicted octanol–water partition coefficient (Wildman–Crippen LogP) is -0.627. The molecule has 1 aromatic carbocycles. The molecule has 4 rings (SSSR count). The third-order valence-electron chi connectivity index (χ3n) is 4.49. The van der Waals surface area contributed by atoms with Gasteiger partial charge in [0.1, 0.15) is 0 Å². The molecular formula is C17H21N8OS+. The molecular weight excluding hydrogens is 364 g/mol. The second kappa shape index (κ2) is 7.89. The van der Waals surface area contributed by atoms with Gasteiger partial charge in [-0.3, -0.25) is 9.78 Å². The highest BCUT2D eigenvalue weighted by Crippen LogP contribution is 2.21. The van der Waals surface area contributed by atoms with E-state index in [-0.39, 0.29) is 5.56 Å². The lowest BCUT2D eigenvalue weighted by atomic mass is 10.3. The van der Waals surface area contributed by atoms with E-state index in [0.717, 1.165) is 31.9 Å². The van der Waals surface area contributed by atoms with Gasteiger partial charge in [0, 0.05) is 11.8 Å². The minimum absolute atomic E-state index is 0.135. The molecule has 0 radical (unpaired) electrons. The van der Waals surface area contributed by atoms with E-state index in [9.17, 15) is 4.79 Å². The monoisotopic (exact) mass is 385 g/mol. The number of quaternary nitrogens is 1. The van der Waals surface area contributed by atoms with Gasteiger partial charge < -0.3 is 9.80 Å². The fraction of sp³-hybridized carbons (Fsp3) is 0.353. The highest BCUT2D eigenvalue weighted by molar-refractivity contribution is 7.98. The molecule has 10 heteroatoms. The molecule has 0 amide bonds. The smallest absolute Gasteiger partial charge is 0.252 e. The number of thioether (sulfide) groups is 1. The standard InChI is InChI=1S/C17H20N8OS/c1-23-7-9-24(10-8-23)16-18-13(11-15(26)19-16)12-27-17-20-21-22-25(17)14-5-3-2-4-6-14/h2-6,11H,7-10,12H2,1H3,(H,18,19,26)/p+1. The van der Waals surface area contributed by atoms with Crippen LogP contribution < -0.4 is 15.4 Å². The molecule has 9 nitrogen and oxygen atoms in total. The highest BCUT2D eigenvalue weighted by atomic mass is 32.2. The van der Waals surface area contributed by atoms with Gasteiger partial charge in [0.05, 0.1) is 44.6 Å². The number of aromatic amines is 1. The van der Waals surface area contributed by atoms with Gasteiger partial charge in [-0.15, -0.1) is 5.10 Å². The number of nitrogens with one attached hydrogen (secondary N) is 2. The van der Waals surface area contributed by atoms with Crippen LogP contribution >= 0.6 is 11.8 Å². The summed E-state index contributed by atoms with van der Waals surface area (Å²) < 4.78 is 1.68. The van der Waals surface area contributed by atoms with E-state index in [1.54, 1.807) is 4.68 Å². The quantitative estimate of drug-likeness (QED) is 0.565. The molecule has 27 heavy (non-hydrogen) atoms. The van der Waals surface area contributed by atoms with Crippen molar-refractivity contribution < 1.29 is 4.90 Å². The van der Waals surface area contributed by atoms with E-state index in [4.69, 9.17) is 0 Å². The Hall–Kier alpha value is -2.72. The molecule has 3 heterocycles. The van der Waals surface area contributed by atoms with Crippen LogP contribution in [0.15, 0.2) is 46.3 Å². The molecule has 3 aromatic rings. The zero-order valence-corrected chi connectivity index (χ0v) is 15.8. The summed E-state index contributed by atoms with van der Waals surface area (Å²) in [5.41, 5.74) is 1.47. The number of nitrogens with zero attached hydrogens (tertiary/aromatic N) is 6. The van der Waals surface area contributed by atoms with Crippen molar-refractivity contribution >= 4 is 17.7 Å². The molecule has 1 fully saturated rings. The number of hydrogen-bond donors (Lipinski definition) is 2. The molecule has 1 aliphatic rings. The van der Waals surface area contributed by atoms with Crippen molar-refractivity contribution in [2.45, 2.75) is 10.9 Å². The van der Waals surface area contributed by atoms with Crippen LogP contribution in [0.5, 0.6) is 0 Å². The molecule has 2 aromatic heterocycles. The number of tetrazole rings is 1. The lowest BCUT2D eigenvalue weighted by Crippen LogP contribution is -3.12. The second-order valence-corrected chi connectivity index (χ2v) is 7.44. The van der Waals surface area contributed by atoms with Gasteiger partial charge >= 0.3 is 0 Å². The second-order valence-electron chi connectivity index (χ2n) is 6.50. The van der Waals surface area contributed by atoms with Crippen LogP contribution in [0, 0.1) is 0 Å². The van der Waals surface area contributed by atoms with Crippen molar-refractivity contribution in [1.29, 1.82) is 0 Å². The fourth-order valence-corrected chi connectivity index (χ4v) is 3.74. The molecule has 0 atom stereocenters. The number of piperazine rings is 1. The first kappa shape index (κ1) is 17.7. The molecule has 0 bridgehead atoms. The van der Waals surface area contributed by atoms with Crippen LogP contribution in [0.2, 0.25) is 0 Å². The zero-order chi connectivity index (χ0) is 18.6. The minimum atomic E-state index is -0.135. The number of hydrogen-bond acceptors (Lipinski definition) is 7. The maximum Gasteiger partial charge on any atom is 0.252 e. The molecule has 140 valence electrons. The van der Waals surface area contributed by atoms with Crippen LogP contribution in [0.4, 0.5) is 5.95 Å². The molecule has 1 aliphatic heterocycles. The van der Waals surface area contributed by atoms with Crippen LogP contribution in [-0.4, -0.2) is 63.4 Å². The van der Waals surface area contributed by atoms with E-state index >= 15 is 0 Å². The van der Waals surface area contributed by atoms with Crippen molar-refractivity contribution in [3.8, 4) is 5.69 Å². The predicted molar refractivity (Wildman–Crippen MR) is 102 cm³/mol. The highest BCUT2D eigenvalue weighted by Gasteiger charge is 2.19. The maximum absolute atomic E-state index is 12.1. The third-order valence-corrected chi connectivity index (χ3v) is 5.44. The first-order valence-corrected chi connectivity index (χ1v) is 9.81. The summed E-state index contributed by atoms with van der Waals surface area (Å²) in [6.45, 7) is 3.85. The third kappa shape index (κ3) is 4.17. The van der Waals surface area contributed by atoms with Gasteiger partial charge in [-0.1, -0.05) is 30.0 Å². The first-order chi connectivity index (χ1) is 13.2. The van der Waals surface area contributed by atoms with Crippen LogP contribution in [0.1, 0.15) is 5.69 Å². The Morgan fingerprint density at radius 3 is 2.78 bits per heavy atom. The van der Waals surface area contributed by atoms with Crippen LogP contribution in [-0.2, 0) is 5.75 Å². The number of benzene rings is 1. The summed E-state index contributed by atoms with van der Waals surface area (Å²) in [5, 5.41) is 12.6. The molecule has 0 unspecified atom stereocenters. The summed E-state index contributed by atoms with van der Waals surface area (Å²) in [6, 6.07) is 11.2. The summed E-state index contributed by atoms with van der Waals surface area (Å²) in [5.74, 6) is 1.16. The van der Waals surface area contributed by atoms with E-state index in [1.165, 1.54) is 22.7 Å². The van der Waals surface area contributed by atoms with E-state index in [1.807, 2.05) is 30.3 Å². The summed E-state index contributed by atoms with van der Waals surface area (Å²) in [7, 11) is 2.18. The number of H-pyrrole nitrogens is 1. The number of para-hydroxylation sites is 1. The maximum atomic E-state index is 12.1. The van der Waals surface area contributed by atoms with Gasteiger partial charge in [-0.2, -0.15) is 4.68 Å². The topological polar surface area (TPSA) is 97.0 Å². The SMILES string of the molecule is C[NH+]1CCN(c2nc(CSc3nnnn3-c3ccccc3)cc(=O)[nH]2)CC1. The normalized spacial score (nSPS) is 15.2. The van der Waals surface area contributed by atoms with Crippen LogP contribution in [0.3, 0.4) is 0 Å². The van der Waals surface area contributed by atoms with Crippen molar-refractivity contribution in [3.63, 3.8) is 0 Å². The Kier molecular flexibility index (Phi) is 5.16. The first-order valence-electron chi connectivity index (χ1n) is 8.82. The number of likely N-dealkylation sites (N-methyl/N-ethyl adjacent to an activating group) is 1. The fourth-order valence-electron chi connectivity index (χ4n) is 2.96. The van der Waals surface area contributed by atoms with E-state index in [2.05, 4.69) is 37.4 Å². The van der Waals surface area contributed by atoms with Crippen molar-refractivity contribution in [3.05, 3.63) is 52.4 Å². The van der Waals surface area contributed by atoms with Gasteiger partial charge in [-0.05, 0) is 22.6 Å². The Balaban J connectivity index is 1.50. The summed E-state index contributed by atoms with van der Waals surface area (Å²) in [4.78, 5) is 23.2. The summed E-state index contributed by atoms with van der Waals surface area (Å²) >= 11 is 1.46. The number of aromatic nitrogens is 6. The van der Waals surface area contributed by atoms with Crippen molar-refractivity contribution in [2.24, 2.45) is 0 Å². The lowest BCUT2D eigenvalue weighted by Gasteiger charge is -2.30. The molecule has 2 N–H and O–H groups in total. The molecule has 0 spiro atoms. The van der Waals surface area contributed by atoms with E-state index < -0.39 is 0 Å². The molecule has 0 saturated carbocycles. The molecule has 0 aliphatic carbocycles. The van der Waals surface area contributed by atoms with Crippen molar-refractivity contribution in [1.82, 2.24) is 30.2 Å². The number of rotatable bonds is 5. The average Bonchev–Trinajstić information content (AvgIpc) is 3.16. The largest absolute Gasteiger partial charge is 0.334 e. The van der Waals surface area contributed by atoms with Crippen LogP contribution in [0.25, 0.3) is 5.69 Å². The van der Waals surface area contributed by atoms with Gasteiger partial charge in [0.15, 0.2) is 0 Å². The number of anilines is 1. The Morgan fingerprint density at radius 1 is 1.22 bits per heavy atom. The van der Waals surface area contributed by atoms with Crippen molar-refractivity contribution in [2.75, 3.05) is 38.1 Å². The Morgan fingerprint density at radius 2 is 2.00 bits per heavy atom.